The molecule has 5 N–H and O–H groups in total. The summed E-state index contributed by atoms with van der Waals surface area (Å²) in [5.41, 5.74) is 5.49. The number of oxime groups is 1. The Morgan fingerprint density at radius 2 is 2.22 bits per heavy atom. The van der Waals surface area contributed by atoms with Gasteiger partial charge in [0.15, 0.2) is 10.8 Å². The molecular formula is C14H14ClN5O5S2. The maximum Gasteiger partial charge on any atom is 0.352 e. The van der Waals surface area contributed by atoms with Crippen molar-refractivity contribution in [3.05, 3.63) is 35.0 Å². The molecule has 1 fully saturated rings. The number of thiazole rings is 1. The number of carboxylic acid groups (broad SMARTS) is 1. The molecule has 1 aromatic rings. The van der Waals surface area contributed by atoms with Gasteiger partial charge < -0.3 is 21.4 Å². The van der Waals surface area contributed by atoms with Gasteiger partial charge in [0.25, 0.3) is 11.8 Å². The van der Waals surface area contributed by atoms with E-state index in [1.807, 2.05) is 0 Å². The number of carboxylic acids is 1. The van der Waals surface area contributed by atoms with Crippen molar-refractivity contribution in [2.75, 3.05) is 11.5 Å². The van der Waals surface area contributed by atoms with Crippen molar-refractivity contribution in [1.82, 2.24) is 15.2 Å². The van der Waals surface area contributed by atoms with Crippen LogP contribution in [-0.2, 0) is 14.4 Å². The highest BCUT2D eigenvalue weighted by molar-refractivity contribution is 8.00. The second-order valence-electron chi connectivity index (χ2n) is 5.26. The molecule has 10 nitrogen and oxygen atoms in total. The van der Waals surface area contributed by atoms with E-state index in [-0.39, 0.29) is 34.6 Å². The standard InChI is InChI=1S/C14H13N5O5S2.ClH/c1-2-5-3-25-12-8(11(21)19(12)9(5)13(22)23)17-10(20)7(18-24)6-4-26-14(15)16-6;/h2,4,8,12,24H,1,3H2,(H2,15,16)(H,17,20)(H,22,23);1H/b18-7-;/t8?,12-;/m1./s1. The van der Waals surface area contributed by atoms with Crippen LogP contribution in [0.3, 0.4) is 0 Å². The average molecular weight is 432 g/mol. The lowest BCUT2D eigenvalue weighted by molar-refractivity contribution is -0.150. The molecule has 0 aromatic carbocycles. The number of allylic oxidation sites excluding steroid dienone is 1. The van der Waals surface area contributed by atoms with Crippen molar-refractivity contribution in [3.63, 3.8) is 0 Å². The Morgan fingerprint density at radius 3 is 2.74 bits per heavy atom. The van der Waals surface area contributed by atoms with Crippen LogP contribution in [0.5, 0.6) is 0 Å². The van der Waals surface area contributed by atoms with E-state index in [0.29, 0.717) is 11.3 Å². The molecule has 2 aliphatic heterocycles. The first-order valence-corrected chi connectivity index (χ1v) is 9.09. The third-order valence-electron chi connectivity index (χ3n) is 3.81. The molecule has 13 heteroatoms. The fraction of sp³-hybridized carbons (Fsp3) is 0.214. The maximum atomic E-state index is 12.4. The number of rotatable bonds is 5. The molecule has 2 aliphatic rings. The molecule has 1 unspecified atom stereocenters. The molecule has 2 amide bonds. The van der Waals surface area contributed by atoms with Gasteiger partial charge in [0.05, 0.1) is 0 Å². The van der Waals surface area contributed by atoms with E-state index in [2.05, 4.69) is 22.0 Å². The summed E-state index contributed by atoms with van der Waals surface area (Å²) < 4.78 is 0. The van der Waals surface area contributed by atoms with E-state index >= 15 is 0 Å². The largest absolute Gasteiger partial charge is 0.477 e. The molecule has 0 aliphatic carbocycles. The number of amides is 2. The predicted molar refractivity (Wildman–Crippen MR) is 102 cm³/mol. The van der Waals surface area contributed by atoms with Crippen LogP contribution in [-0.4, -0.2) is 60.9 Å². The number of halogens is 1. The minimum Gasteiger partial charge on any atom is -0.477 e. The second-order valence-corrected chi connectivity index (χ2v) is 7.26. The van der Waals surface area contributed by atoms with Gasteiger partial charge in [-0.2, -0.15) is 0 Å². The summed E-state index contributed by atoms with van der Waals surface area (Å²) >= 11 is 2.37. The summed E-state index contributed by atoms with van der Waals surface area (Å²) in [6.45, 7) is 3.56. The highest BCUT2D eigenvalue weighted by Crippen LogP contribution is 2.40. The number of fused-ring (bicyclic) bond motifs is 1. The predicted octanol–water partition coefficient (Wildman–Crippen LogP) is 0.250. The lowest BCUT2D eigenvalue weighted by Crippen LogP contribution is -2.71. The smallest absolute Gasteiger partial charge is 0.352 e. The van der Waals surface area contributed by atoms with Crippen molar-refractivity contribution >= 4 is 64.1 Å². The van der Waals surface area contributed by atoms with Crippen LogP contribution >= 0.6 is 35.5 Å². The molecule has 3 heterocycles. The summed E-state index contributed by atoms with van der Waals surface area (Å²) in [7, 11) is 0. The fourth-order valence-electron chi connectivity index (χ4n) is 2.62. The zero-order valence-electron chi connectivity index (χ0n) is 13.5. The molecule has 0 saturated carbocycles. The second kappa shape index (κ2) is 7.98. The van der Waals surface area contributed by atoms with Crippen LogP contribution in [0, 0.1) is 0 Å². The molecule has 144 valence electrons. The fourth-order valence-corrected chi connectivity index (χ4v) is 4.51. The minimum absolute atomic E-state index is 0. The van der Waals surface area contributed by atoms with Gasteiger partial charge in [0, 0.05) is 11.1 Å². The number of nitrogen functional groups attached to an aromatic ring is 1. The number of nitrogens with zero attached hydrogens (tertiary/aromatic N) is 3. The van der Waals surface area contributed by atoms with Gasteiger partial charge in [-0.15, -0.1) is 35.5 Å². The molecule has 1 saturated heterocycles. The highest BCUT2D eigenvalue weighted by Gasteiger charge is 2.54. The highest BCUT2D eigenvalue weighted by atomic mass is 35.5. The normalized spacial score (nSPS) is 21.7. The van der Waals surface area contributed by atoms with Gasteiger partial charge in [0.2, 0.25) is 0 Å². The topological polar surface area (TPSA) is 158 Å². The first-order valence-electron chi connectivity index (χ1n) is 7.16. The molecule has 0 radical (unpaired) electrons. The summed E-state index contributed by atoms with van der Waals surface area (Å²) in [4.78, 5) is 41.2. The number of nitrogens with one attached hydrogen (secondary N) is 1. The SMILES string of the molecule is C=CC1=C(C(=O)O)N2C(=O)C(NC(=O)/C(=N\O)c3csc(N)n3)[C@H]2SC1.Cl. The molecular weight excluding hydrogens is 418 g/mol. The van der Waals surface area contributed by atoms with Crippen molar-refractivity contribution in [1.29, 1.82) is 0 Å². The number of nitrogens with two attached hydrogens (primary N) is 1. The number of carbonyl (C=O) groups excluding carboxylic acids is 2. The van der Waals surface area contributed by atoms with Crippen molar-refractivity contribution in [2.24, 2.45) is 5.16 Å². The summed E-state index contributed by atoms with van der Waals surface area (Å²) in [6.07, 6.45) is 1.40. The number of aromatic nitrogens is 1. The van der Waals surface area contributed by atoms with E-state index in [0.717, 1.165) is 16.2 Å². The van der Waals surface area contributed by atoms with Crippen LogP contribution in [0.25, 0.3) is 0 Å². The molecule has 2 atom stereocenters. The van der Waals surface area contributed by atoms with Crippen molar-refractivity contribution in [2.45, 2.75) is 11.4 Å². The van der Waals surface area contributed by atoms with E-state index in [4.69, 9.17) is 10.9 Å². The minimum atomic E-state index is -1.24. The van der Waals surface area contributed by atoms with E-state index in [1.54, 1.807) is 0 Å². The number of anilines is 1. The van der Waals surface area contributed by atoms with E-state index in [1.165, 1.54) is 23.2 Å². The lowest BCUT2D eigenvalue weighted by atomic mass is 10.0. The van der Waals surface area contributed by atoms with Crippen LogP contribution in [0.2, 0.25) is 0 Å². The molecule has 27 heavy (non-hydrogen) atoms. The Kier molecular flexibility index (Phi) is 6.13. The molecule has 1 aromatic heterocycles. The average Bonchev–Trinajstić information content (AvgIpc) is 3.04. The molecule has 0 bridgehead atoms. The van der Waals surface area contributed by atoms with Crippen LogP contribution in [0.1, 0.15) is 5.69 Å². The van der Waals surface area contributed by atoms with Crippen molar-refractivity contribution in [3.8, 4) is 0 Å². The first kappa shape index (κ1) is 20.7. The summed E-state index contributed by atoms with van der Waals surface area (Å²) in [5.74, 6) is -2.27. The summed E-state index contributed by atoms with van der Waals surface area (Å²) in [5, 5.41) is 24.9. The van der Waals surface area contributed by atoms with Gasteiger partial charge in [-0.3, -0.25) is 14.5 Å². The monoisotopic (exact) mass is 431 g/mol. The zero-order chi connectivity index (χ0) is 19.0. The molecule has 3 rings (SSSR count). The Morgan fingerprint density at radius 1 is 1.52 bits per heavy atom. The van der Waals surface area contributed by atoms with Gasteiger partial charge in [0.1, 0.15) is 22.8 Å². The van der Waals surface area contributed by atoms with E-state index < -0.39 is 29.2 Å². The first-order chi connectivity index (χ1) is 12.4. The number of hydrogen-bond acceptors (Lipinski definition) is 9. The Hall–Kier alpha value is -2.57. The Labute approximate surface area is 167 Å². The van der Waals surface area contributed by atoms with Crippen LogP contribution in [0.4, 0.5) is 5.13 Å². The number of aliphatic carboxylic acids is 1. The number of thioether (sulfide) groups is 1. The van der Waals surface area contributed by atoms with E-state index in [9.17, 15) is 19.5 Å². The lowest BCUT2D eigenvalue weighted by Gasteiger charge is -2.49. The Balaban J connectivity index is 0.00000261. The third kappa shape index (κ3) is 3.50. The quantitative estimate of drug-likeness (QED) is 0.223. The zero-order valence-corrected chi connectivity index (χ0v) is 15.9. The van der Waals surface area contributed by atoms with Gasteiger partial charge >= 0.3 is 5.97 Å². The maximum absolute atomic E-state index is 12.4. The number of β-lactam (4-membered cyclic amide) rings is 1. The van der Waals surface area contributed by atoms with Crippen LogP contribution < -0.4 is 11.1 Å². The Bertz CT molecular complexity index is 883. The van der Waals surface area contributed by atoms with Gasteiger partial charge in [-0.05, 0) is 5.57 Å². The number of carbonyl (C=O) groups is 3. The third-order valence-corrected chi connectivity index (χ3v) is 5.79. The van der Waals surface area contributed by atoms with Gasteiger partial charge in [-0.25, -0.2) is 9.78 Å². The number of hydrogen-bond donors (Lipinski definition) is 4. The van der Waals surface area contributed by atoms with Crippen LogP contribution in [0.15, 0.2) is 34.5 Å². The summed E-state index contributed by atoms with van der Waals surface area (Å²) in [6, 6.07) is -0.944. The van der Waals surface area contributed by atoms with Crippen molar-refractivity contribution < 1.29 is 24.7 Å². The molecule has 0 spiro atoms. The van der Waals surface area contributed by atoms with Gasteiger partial charge in [-0.1, -0.05) is 17.8 Å².